The first-order valence-corrected chi connectivity index (χ1v) is 10.1. The molecule has 0 amide bonds. The third kappa shape index (κ3) is 2.53. The summed E-state index contributed by atoms with van der Waals surface area (Å²) in [6.07, 6.45) is 7.46. The molecule has 3 aliphatic rings. The van der Waals surface area contributed by atoms with Crippen LogP contribution in [-0.2, 0) is 16.8 Å². The lowest BCUT2D eigenvalue weighted by Crippen LogP contribution is -2.49. The largest absolute Gasteiger partial charge is 0.369 e. The van der Waals surface area contributed by atoms with Crippen LogP contribution in [0.25, 0.3) is 0 Å². The molecule has 4 nitrogen and oxygen atoms in total. The predicted octanol–water partition coefficient (Wildman–Crippen LogP) is 4.28. The van der Waals surface area contributed by atoms with Crippen LogP contribution in [0.15, 0.2) is 12.3 Å². The van der Waals surface area contributed by atoms with Gasteiger partial charge >= 0.3 is 0 Å². The number of fused-ring (bicyclic) bond motifs is 2. The standard InChI is InChI=1S/C18H22ClN3OS/c1-10-7-18(16-12(4-5-23-18)6-15(19)24-16)8-13(21-10)14-9-20-17(22-14)11-2-3-11/h6,9-11,13,21H,2-5,7-8H2,1H3,(H,20,22). The molecule has 4 heterocycles. The quantitative estimate of drug-likeness (QED) is 0.837. The highest BCUT2D eigenvalue weighted by molar-refractivity contribution is 7.16. The van der Waals surface area contributed by atoms with Gasteiger partial charge in [0.1, 0.15) is 11.4 Å². The Hall–Kier alpha value is -0.880. The molecule has 128 valence electrons. The molecular weight excluding hydrogens is 342 g/mol. The van der Waals surface area contributed by atoms with Crippen LogP contribution in [0.5, 0.6) is 0 Å². The first-order chi connectivity index (χ1) is 11.6. The van der Waals surface area contributed by atoms with Gasteiger partial charge in [-0.25, -0.2) is 4.98 Å². The maximum Gasteiger partial charge on any atom is 0.109 e. The van der Waals surface area contributed by atoms with E-state index in [1.54, 1.807) is 11.3 Å². The molecule has 1 aliphatic carbocycles. The topological polar surface area (TPSA) is 49.9 Å². The Morgan fingerprint density at radius 1 is 1.38 bits per heavy atom. The number of aromatic nitrogens is 2. The van der Waals surface area contributed by atoms with Crippen molar-refractivity contribution < 1.29 is 4.74 Å². The number of nitrogens with one attached hydrogen (secondary N) is 2. The lowest BCUT2D eigenvalue weighted by atomic mass is 9.79. The van der Waals surface area contributed by atoms with E-state index in [1.165, 1.54) is 29.0 Å². The van der Waals surface area contributed by atoms with Crippen molar-refractivity contribution in [2.75, 3.05) is 6.61 Å². The molecule has 2 fully saturated rings. The van der Waals surface area contributed by atoms with Gasteiger partial charge < -0.3 is 15.0 Å². The Labute approximate surface area is 151 Å². The Balaban J connectivity index is 1.49. The molecule has 2 N–H and O–H groups in total. The summed E-state index contributed by atoms with van der Waals surface area (Å²) < 4.78 is 7.29. The van der Waals surface area contributed by atoms with Crippen LogP contribution in [0.3, 0.4) is 0 Å². The fourth-order valence-corrected chi connectivity index (χ4v) is 5.82. The molecule has 1 saturated heterocycles. The molecule has 2 aromatic rings. The maximum atomic E-state index is 6.41. The van der Waals surface area contributed by atoms with Crippen molar-refractivity contribution in [2.45, 2.75) is 62.6 Å². The number of halogens is 1. The van der Waals surface area contributed by atoms with Gasteiger partial charge in [0.05, 0.1) is 22.7 Å². The van der Waals surface area contributed by atoms with Crippen molar-refractivity contribution in [1.29, 1.82) is 0 Å². The average molecular weight is 364 g/mol. The SMILES string of the molecule is CC1CC2(CC(c3cnc(C4CC4)[nH]3)N1)OCCc1cc(Cl)sc12. The van der Waals surface area contributed by atoms with Crippen LogP contribution in [-0.4, -0.2) is 22.6 Å². The van der Waals surface area contributed by atoms with E-state index >= 15 is 0 Å². The zero-order valence-corrected chi connectivity index (χ0v) is 15.3. The monoisotopic (exact) mass is 363 g/mol. The van der Waals surface area contributed by atoms with Crippen molar-refractivity contribution in [3.63, 3.8) is 0 Å². The van der Waals surface area contributed by atoms with E-state index in [9.17, 15) is 0 Å². The first-order valence-electron chi connectivity index (χ1n) is 8.86. The van der Waals surface area contributed by atoms with Crippen LogP contribution >= 0.6 is 22.9 Å². The number of imidazole rings is 1. The van der Waals surface area contributed by atoms with Gasteiger partial charge in [-0.1, -0.05) is 11.6 Å². The molecule has 1 saturated carbocycles. The summed E-state index contributed by atoms with van der Waals surface area (Å²) in [6.45, 7) is 3.04. The average Bonchev–Trinajstić information content (AvgIpc) is 3.13. The summed E-state index contributed by atoms with van der Waals surface area (Å²) in [5.41, 5.74) is 2.37. The zero-order chi connectivity index (χ0) is 16.3. The lowest BCUT2D eigenvalue weighted by Gasteiger charge is -2.45. The number of hydrogen-bond donors (Lipinski definition) is 2. The van der Waals surface area contributed by atoms with Gasteiger partial charge in [0, 0.05) is 29.5 Å². The smallest absolute Gasteiger partial charge is 0.109 e. The Bertz CT molecular complexity index is 768. The van der Waals surface area contributed by atoms with E-state index in [-0.39, 0.29) is 11.6 Å². The van der Waals surface area contributed by atoms with E-state index in [0.717, 1.165) is 36.0 Å². The third-order valence-corrected chi connectivity index (χ3v) is 7.04. The molecule has 3 atom stereocenters. The molecule has 1 spiro atoms. The first kappa shape index (κ1) is 15.4. The molecule has 2 aromatic heterocycles. The van der Waals surface area contributed by atoms with Crippen LogP contribution in [0.1, 0.15) is 66.5 Å². The molecule has 2 aliphatic heterocycles. The molecule has 5 rings (SSSR count). The number of aromatic amines is 1. The Morgan fingerprint density at radius 2 is 2.25 bits per heavy atom. The van der Waals surface area contributed by atoms with Crippen molar-refractivity contribution >= 4 is 22.9 Å². The van der Waals surface area contributed by atoms with Gasteiger partial charge in [0.25, 0.3) is 0 Å². The fourth-order valence-electron chi connectivity index (χ4n) is 4.35. The van der Waals surface area contributed by atoms with Crippen molar-refractivity contribution in [1.82, 2.24) is 15.3 Å². The van der Waals surface area contributed by atoms with E-state index in [1.807, 2.05) is 6.20 Å². The summed E-state index contributed by atoms with van der Waals surface area (Å²) in [7, 11) is 0. The van der Waals surface area contributed by atoms with Crippen LogP contribution < -0.4 is 5.32 Å². The van der Waals surface area contributed by atoms with Crippen LogP contribution in [0.4, 0.5) is 0 Å². The molecule has 6 heteroatoms. The molecular formula is C18H22ClN3OS. The molecule has 3 unspecified atom stereocenters. The minimum Gasteiger partial charge on any atom is -0.369 e. The number of hydrogen-bond acceptors (Lipinski definition) is 4. The van der Waals surface area contributed by atoms with Gasteiger partial charge in [-0.15, -0.1) is 11.3 Å². The zero-order valence-electron chi connectivity index (χ0n) is 13.8. The lowest BCUT2D eigenvalue weighted by molar-refractivity contribution is -0.0957. The molecule has 0 radical (unpaired) electrons. The summed E-state index contributed by atoms with van der Waals surface area (Å²) in [5.74, 6) is 1.81. The highest BCUT2D eigenvalue weighted by Gasteiger charge is 2.46. The summed E-state index contributed by atoms with van der Waals surface area (Å²) in [6, 6.07) is 2.78. The van der Waals surface area contributed by atoms with Gasteiger partial charge in [-0.2, -0.15) is 0 Å². The fraction of sp³-hybridized carbons (Fsp3) is 0.611. The summed E-state index contributed by atoms with van der Waals surface area (Å²) in [4.78, 5) is 9.52. The second kappa shape index (κ2) is 5.56. The van der Waals surface area contributed by atoms with Crippen LogP contribution in [0.2, 0.25) is 4.34 Å². The van der Waals surface area contributed by atoms with Crippen molar-refractivity contribution in [3.8, 4) is 0 Å². The number of thiophene rings is 1. The Kier molecular flexibility index (Phi) is 3.56. The number of ether oxygens (including phenoxy) is 1. The Morgan fingerprint density at radius 3 is 3.08 bits per heavy atom. The van der Waals surface area contributed by atoms with Gasteiger partial charge in [-0.05, 0) is 44.2 Å². The summed E-state index contributed by atoms with van der Waals surface area (Å²) in [5, 5.41) is 3.73. The second-order valence-electron chi connectivity index (χ2n) is 7.52. The summed E-state index contributed by atoms with van der Waals surface area (Å²) >= 11 is 8.02. The third-order valence-electron chi connectivity index (χ3n) is 5.55. The minimum atomic E-state index is -0.203. The van der Waals surface area contributed by atoms with E-state index in [4.69, 9.17) is 16.3 Å². The van der Waals surface area contributed by atoms with E-state index < -0.39 is 0 Å². The minimum absolute atomic E-state index is 0.203. The maximum absolute atomic E-state index is 6.41. The number of nitrogens with zero attached hydrogens (tertiary/aromatic N) is 1. The molecule has 0 bridgehead atoms. The number of rotatable bonds is 2. The molecule has 24 heavy (non-hydrogen) atoms. The van der Waals surface area contributed by atoms with Crippen molar-refractivity contribution in [2.24, 2.45) is 0 Å². The van der Waals surface area contributed by atoms with Gasteiger partial charge in [0.15, 0.2) is 0 Å². The van der Waals surface area contributed by atoms with E-state index in [0.29, 0.717) is 12.0 Å². The number of piperidine rings is 1. The predicted molar refractivity (Wildman–Crippen MR) is 95.8 cm³/mol. The number of H-pyrrole nitrogens is 1. The van der Waals surface area contributed by atoms with Crippen LogP contribution in [0, 0.1) is 0 Å². The highest BCUT2D eigenvalue weighted by Crippen LogP contribution is 2.50. The highest BCUT2D eigenvalue weighted by atomic mass is 35.5. The molecule has 0 aromatic carbocycles. The van der Waals surface area contributed by atoms with Gasteiger partial charge in [0.2, 0.25) is 0 Å². The van der Waals surface area contributed by atoms with Gasteiger partial charge in [-0.3, -0.25) is 0 Å². The van der Waals surface area contributed by atoms with E-state index in [2.05, 4.69) is 28.3 Å². The second-order valence-corrected chi connectivity index (χ2v) is 9.21. The van der Waals surface area contributed by atoms with Crippen molar-refractivity contribution in [3.05, 3.63) is 38.6 Å². The normalized spacial score (nSPS) is 32.9.